The lowest BCUT2D eigenvalue weighted by Crippen LogP contribution is -1.77. The number of aromatic nitrogens is 2. The van der Waals surface area contributed by atoms with Gasteiger partial charge in [-0.15, -0.1) is 0 Å². The molecular formula is C13H18N2. The topological polar surface area (TPSA) is 28.7 Å². The van der Waals surface area contributed by atoms with Crippen molar-refractivity contribution < 1.29 is 0 Å². The Balaban J connectivity index is 0.000000531. The summed E-state index contributed by atoms with van der Waals surface area (Å²) in [5.74, 6) is 0. The third-order valence-electron chi connectivity index (χ3n) is 2.05. The molecule has 0 atom stereocenters. The van der Waals surface area contributed by atoms with E-state index in [1.807, 2.05) is 26.8 Å². The quantitative estimate of drug-likeness (QED) is 0.750. The number of aromatic amines is 1. The summed E-state index contributed by atoms with van der Waals surface area (Å²) in [5, 5.41) is 7.12. The standard InChI is InChI=1S/C11H12N2.C2H6/c1-8-3-5-10(6-4-8)11-7-9(2)12-13-11;1-2/h3-7H,1-2H3,(H,12,13);1-2H3. The van der Waals surface area contributed by atoms with Gasteiger partial charge in [-0.1, -0.05) is 43.7 Å². The molecule has 2 nitrogen and oxygen atoms in total. The van der Waals surface area contributed by atoms with Crippen LogP contribution in [-0.2, 0) is 0 Å². The summed E-state index contributed by atoms with van der Waals surface area (Å²) in [6.45, 7) is 8.09. The maximum atomic E-state index is 4.19. The van der Waals surface area contributed by atoms with Crippen LogP contribution in [0.25, 0.3) is 11.3 Å². The highest BCUT2D eigenvalue weighted by Crippen LogP contribution is 2.17. The predicted octanol–water partition coefficient (Wildman–Crippen LogP) is 3.72. The zero-order valence-corrected chi connectivity index (χ0v) is 9.83. The van der Waals surface area contributed by atoms with Gasteiger partial charge >= 0.3 is 0 Å². The lowest BCUT2D eigenvalue weighted by molar-refractivity contribution is 1.05. The third-order valence-corrected chi connectivity index (χ3v) is 2.05. The molecule has 1 aromatic heterocycles. The maximum Gasteiger partial charge on any atom is 0.0923 e. The molecular weight excluding hydrogens is 184 g/mol. The van der Waals surface area contributed by atoms with Crippen LogP contribution in [0.5, 0.6) is 0 Å². The Morgan fingerprint density at radius 1 is 1.00 bits per heavy atom. The van der Waals surface area contributed by atoms with Crippen LogP contribution >= 0.6 is 0 Å². The van der Waals surface area contributed by atoms with Crippen LogP contribution < -0.4 is 0 Å². The first-order valence-electron chi connectivity index (χ1n) is 5.35. The zero-order chi connectivity index (χ0) is 11.3. The number of aryl methyl sites for hydroxylation is 2. The molecule has 0 aliphatic heterocycles. The summed E-state index contributed by atoms with van der Waals surface area (Å²) in [7, 11) is 0. The molecule has 0 spiro atoms. The van der Waals surface area contributed by atoms with E-state index in [0.717, 1.165) is 17.0 Å². The van der Waals surface area contributed by atoms with Crippen LogP contribution in [0.4, 0.5) is 0 Å². The highest BCUT2D eigenvalue weighted by molar-refractivity contribution is 5.59. The molecule has 0 aliphatic rings. The van der Waals surface area contributed by atoms with Crippen LogP contribution in [0.3, 0.4) is 0 Å². The fourth-order valence-electron chi connectivity index (χ4n) is 1.29. The lowest BCUT2D eigenvalue weighted by Gasteiger charge is -1.95. The molecule has 2 aromatic rings. The molecule has 0 fully saturated rings. The fraction of sp³-hybridized carbons (Fsp3) is 0.308. The zero-order valence-electron chi connectivity index (χ0n) is 9.83. The first-order valence-corrected chi connectivity index (χ1v) is 5.35. The summed E-state index contributed by atoms with van der Waals surface area (Å²) < 4.78 is 0. The number of hydrogen-bond donors (Lipinski definition) is 1. The molecule has 2 rings (SSSR count). The molecule has 15 heavy (non-hydrogen) atoms. The van der Waals surface area contributed by atoms with Crippen LogP contribution in [0, 0.1) is 13.8 Å². The van der Waals surface area contributed by atoms with Gasteiger partial charge in [0.15, 0.2) is 0 Å². The molecule has 0 bridgehead atoms. The average Bonchev–Trinajstić information content (AvgIpc) is 2.69. The van der Waals surface area contributed by atoms with Crippen molar-refractivity contribution in [2.45, 2.75) is 27.7 Å². The molecule has 0 aliphatic carbocycles. The highest BCUT2D eigenvalue weighted by atomic mass is 15.1. The van der Waals surface area contributed by atoms with Crippen molar-refractivity contribution in [3.63, 3.8) is 0 Å². The fourth-order valence-corrected chi connectivity index (χ4v) is 1.29. The smallest absolute Gasteiger partial charge is 0.0923 e. The van der Waals surface area contributed by atoms with Crippen LogP contribution in [0.15, 0.2) is 30.3 Å². The Morgan fingerprint density at radius 3 is 2.07 bits per heavy atom. The van der Waals surface area contributed by atoms with E-state index in [1.165, 1.54) is 5.56 Å². The van der Waals surface area contributed by atoms with Gasteiger partial charge in [0.25, 0.3) is 0 Å². The monoisotopic (exact) mass is 202 g/mol. The summed E-state index contributed by atoms with van der Waals surface area (Å²) in [6.07, 6.45) is 0. The van der Waals surface area contributed by atoms with E-state index >= 15 is 0 Å². The molecule has 2 heteroatoms. The Labute approximate surface area is 91.4 Å². The van der Waals surface area contributed by atoms with Gasteiger partial charge in [0.1, 0.15) is 0 Å². The molecule has 80 valence electrons. The minimum Gasteiger partial charge on any atom is -0.282 e. The van der Waals surface area contributed by atoms with E-state index in [-0.39, 0.29) is 0 Å². The van der Waals surface area contributed by atoms with Crippen molar-refractivity contribution in [3.05, 3.63) is 41.6 Å². The van der Waals surface area contributed by atoms with E-state index in [0.29, 0.717) is 0 Å². The van der Waals surface area contributed by atoms with Gasteiger partial charge in [-0.3, -0.25) is 5.10 Å². The van der Waals surface area contributed by atoms with E-state index in [9.17, 15) is 0 Å². The molecule has 0 saturated carbocycles. The van der Waals surface area contributed by atoms with E-state index in [4.69, 9.17) is 0 Å². The second-order valence-electron chi connectivity index (χ2n) is 3.30. The molecule has 0 saturated heterocycles. The van der Waals surface area contributed by atoms with Crippen molar-refractivity contribution in [3.8, 4) is 11.3 Å². The Hall–Kier alpha value is -1.57. The number of nitrogens with zero attached hydrogens (tertiary/aromatic N) is 1. The Morgan fingerprint density at radius 2 is 1.60 bits per heavy atom. The Bertz CT molecular complexity index is 399. The van der Waals surface area contributed by atoms with Crippen molar-refractivity contribution in [2.75, 3.05) is 0 Å². The third kappa shape index (κ3) is 2.94. The summed E-state index contributed by atoms with van der Waals surface area (Å²) >= 11 is 0. The largest absolute Gasteiger partial charge is 0.282 e. The second-order valence-corrected chi connectivity index (χ2v) is 3.30. The van der Waals surface area contributed by atoms with Crippen LogP contribution in [0.1, 0.15) is 25.1 Å². The van der Waals surface area contributed by atoms with Crippen molar-refractivity contribution >= 4 is 0 Å². The van der Waals surface area contributed by atoms with Crippen molar-refractivity contribution in [1.82, 2.24) is 10.2 Å². The predicted molar refractivity (Wildman–Crippen MR) is 64.8 cm³/mol. The minimum atomic E-state index is 1.01. The molecule has 1 aromatic carbocycles. The number of benzene rings is 1. The van der Waals surface area contributed by atoms with Gasteiger partial charge in [0.05, 0.1) is 5.69 Å². The molecule has 0 amide bonds. The van der Waals surface area contributed by atoms with Crippen molar-refractivity contribution in [2.24, 2.45) is 0 Å². The summed E-state index contributed by atoms with van der Waals surface area (Å²) in [4.78, 5) is 0. The number of rotatable bonds is 1. The molecule has 1 N–H and O–H groups in total. The molecule has 0 unspecified atom stereocenters. The first kappa shape index (κ1) is 11.5. The van der Waals surface area contributed by atoms with E-state index in [1.54, 1.807) is 0 Å². The normalized spacial score (nSPS) is 9.33. The number of hydrogen-bond acceptors (Lipinski definition) is 1. The maximum absolute atomic E-state index is 4.19. The highest BCUT2D eigenvalue weighted by Gasteiger charge is 1.99. The van der Waals surface area contributed by atoms with Gasteiger partial charge < -0.3 is 0 Å². The van der Waals surface area contributed by atoms with Gasteiger partial charge in [0.2, 0.25) is 0 Å². The van der Waals surface area contributed by atoms with Gasteiger partial charge in [-0.05, 0) is 19.9 Å². The van der Waals surface area contributed by atoms with E-state index < -0.39 is 0 Å². The number of H-pyrrole nitrogens is 1. The summed E-state index contributed by atoms with van der Waals surface area (Å²) in [6, 6.07) is 10.4. The van der Waals surface area contributed by atoms with Gasteiger partial charge in [-0.25, -0.2) is 0 Å². The minimum absolute atomic E-state index is 1.01. The van der Waals surface area contributed by atoms with E-state index in [2.05, 4.69) is 41.4 Å². The van der Waals surface area contributed by atoms with Crippen LogP contribution in [-0.4, -0.2) is 10.2 Å². The average molecular weight is 202 g/mol. The first-order chi connectivity index (χ1) is 7.25. The second kappa shape index (κ2) is 5.35. The van der Waals surface area contributed by atoms with Gasteiger partial charge in [-0.2, -0.15) is 5.10 Å². The van der Waals surface area contributed by atoms with Crippen molar-refractivity contribution in [1.29, 1.82) is 0 Å². The number of nitrogens with one attached hydrogen (secondary N) is 1. The molecule has 0 radical (unpaired) electrons. The SMILES string of the molecule is CC.Cc1ccc(-c2cc(C)[nH]n2)cc1. The lowest BCUT2D eigenvalue weighted by atomic mass is 10.1. The van der Waals surface area contributed by atoms with Crippen LogP contribution in [0.2, 0.25) is 0 Å². The Kier molecular flexibility index (Phi) is 4.10. The van der Waals surface area contributed by atoms with Gasteiger partial charge in [0, 0.05) is 11.3 Å². The molecule has 1 heterocycles. The summed E-state index contributed by atoms with van der Waals surface area (Å²) in [5.41, 5.74) is 4.54.